The third-order valence-corrected chi connectivity index (χ3v) is 7.79. The van der Waals surface area contributed by atoms with Crippen LogP contribution in [0.5, 0.6) is 0 Å². The fourth-order valence-corrected chi connectivity index (χ4v) is 6.06. The van der Waals surface area contributed by atoms with Gasteiger partial charge in [-0.15, -0.1) is 10.2 Å². The summed E-state index contributed by atoms with van der Waals surface area (Å²) in [6.07, 6.45) is 2.31. The first-order chi connectivity index (χ1) is 16.6. The molecule has 0 unspecified atom stereocenters. The number of hydrogen-bond acceptors (Lipinski definition) is 7. The monoisotopic (exact) mass is 481 g/mol. The van der Waals surface area contributed by atoms with Crippen LogP contribution in [0, 0.1) is 11.2 Å². The first-order valence-electron chi connectivity index (χ1n) is 11.7. The maximum atomic E-state index is 13.2. The van der Waals surface area contributed by atoms with Gasteiger partial charge in [0.25, 0.3) is 0 Å². The number of hydrogen-bond donors (Lipinski definition) is 0. The van der Waals surface area contributed by atoms with E-state index >= 15 is 0 Å². The van der Waals surface area contributed by atoms with Crippen molar-refractivity contribution in [1.29, 1.82) is 0 Å². The molecule has 0 amide bonds. The highest BCUT2D eigenvalue weighted by atomic mass is 35.5. The minimum Gasteiger partial charge on any atom is -0.380 e. The fraction of sp³-hybridized carbons (Fsp3) is 0.458. The van der Waals surface area contributed by atoms with E-state index in [0.717, 1.165) is 87.2 Å². The second-order valence-electron chi connectivity index (χ2n) is 9.99. The molecule has 0 bridgehead atoms. The summed E-state index contributed by atoms with van der Waals surface area (Å²) in [7, 11) is 0. The van der Waals surface area contributed by atoms with Crippen LogP contribution in [0.15, 0.2) is 36.5 Å². The summed E-state index contributed by atoms with van der Waals surface area (Å²) in [5.41, 5.74) is 2.52. The molecule has 3 saturated heterocycles. The molecule has 1 aromatic carbocycles. The van der Waals surface area contributed by atoms with Gasteiger partial charge in [0.15, 0.2) is 5.82 Å². The van der Waals surface area contributed by atoms with Crippen molar-refractivity contribution in [1.82, 2.24) is 24.6 Å². The van der Waals surface area contributed by atoms with E-state index < -0.39 is 0 Å². The Morgan fingerprint density at radius 3 is 2.65 bits per heavy atom. The molecule has 10 heteroatoms. The minimum absolute atomic E-state index is 0.225. The van der Waals surface area contributed by atoms with Crippen LogP contribution < -0.4 is 9.80 Å². The molecule has 0 aliphatic carbocycles. The van der Waals surface area contributed by atoms with Gasteiger partial charge in [-0.05, 0) is 42.3 Å². The van der Waals surface area contributed by atoms with Crippen molar-refractivity contribution < 1.29 is 9.13 Å². The summed E-state index contributed by atoms with van der Waals surface area (Å²) in [5, 5.41) is 10.0. The third-order valence-electron chi connectivity index (χ3n) is 7.56. The molecule has 7 rings (SSSR count). The summed E-state index contributed by atoms with van der Waals surface area (Å²) in [5.74, 6) is 2.38. The van der Waals surface area contributed by atoms with Crippen molar-refractivity contribution in [2.24, 2.45) is 5.41 Å². The number of pyridine rings is 1. The van der Waals surface area contributed by atoms with Crippen LogP contribution in [-0.4, -0.2) is 70.1 Å². The second kappa shape index (κ2) is 7.63. The Morgan fingerprint density at radius 2 is 1.88 bits per heavy atom. The Bertz CT molecular complexity index is 1230. The molecule has 4 aliphatic heterocycles. The molecule has 176 valence electrons. The Balaban J connectivity index is 1.14. The predicted molar refractivity (Wildman–Crippen MR) is 126 cm³/mol. The van der Waals surface area contributed by atoms with Gasteiger partial charge in [0, 0.05) is 55.8 Å². The SMILES string of the molecule is Fc1ccc(N2CC3(C2)CN(c2nnc4n2-c2ccc(Cl)cc2CN([C@@H]2CCOC2)C4)C3)nc1. The molecular weight excluding hydrogens is 457 g/mol. The van der Waals surface area contributed by atoms with E-state index in [4.69, 9.17) is 16.3 Å². The molecule has 8 nitrogen and oxygen atoms in total. The van der Waals surface area contributed by atoms with E-state index in [1.807, 2.05) is 6.07 Å². The third kappa shape index (κ3) is 3.29. The Kier molecular flexibility index (Phi) is 4.62. The van der Waals surface area contributed by atoms with Gasteiger partial charge in [-0.25, -0.2) is 9.37 Å². The minimum atomic E-state index is -0.304. The van der Waals surface area contributed by atoms with E-state index in [1.54, 1.807) is 6.07 Å². The topological polar surface area (TPSA) is 62.6 Å². The van der Waals surface area contributed by atoms with Crippen molar-refractivity contribution in [2.45, 2.75) is 25.6 Å². The number of fused-ring (bicyclic) bond motifs is 3. The quantitative estimate of drug-likeness (QED) is 0.570. The summed E-state index contributed by atoms with van der Waals surface area (Å²) < 4.78 is 21.1. The van der Waals surface area contributed by atoms with Gasteiger partial charge in [-0.3, -0.25) is 9.47 Å². The number of ether oxygens (including phenoxy) is 1. The summed E-state index contributed by atoms with van der Waals surface area (Å²) in [6.45, 7) is 6.80. The lowest BCUT2D eigenvalue weighted by Gasteiger charge is -2.60. The Hall–Kier alpha value is -2.75. The number of anilines is 2. The zero-order valence-corrected chi connectivity index (χ0v) is 19.5. The average molecular weight is 482 g/mol. The van der Waals surface area contributed by atoms with E-state index in [-0.39, 0.29) is 11.2 Å². The van der Waals surface area contributed by atoms with Crippen LogP contribution >= 0.6 is 11.6 Å². The molecule has 6 heterocycles. The molecule has 34 heavy (non-hydrogen) atoms. The molecule has 1 spiro atoms. The Morgan fingerprint density at radius 1 is 1.03 bits per heavy atom. The fourth-order valence-electron chi connectivity index (χ4n) is 5.87. The van der Waals surface area contributed by atoms with Gasteiger partial charge in [-0.2, -0.15) is 0 Å². The van der Waals surface area contributed by atoms with Gasteiger partial charge in [0.2, 0.25) is 5.95 Å². The standard InChI is InChI=1S/C24H25ClFN7O/c25-17-1-3-20-16(7-17)9-30(19-5-6-34-11-19)10-22-28-29-23(33(20)22)32-14-24(15-32)12-31(13-24)21-4-2-18(26)8-27-21/h1-4,7-8,19H,5-6,9-15H2/t19-/m1/s1. The van der Waals surface area contributed by atoms with Crippen molar-refractivity contribution in [3.8, 4) is 5.69 Å². The number of aromatic nitrogens is 4. The number of nitrogens with zero attached hydrogens (tertiary/aromatic N) is 7. The Labute approximate surface area is 201 Å². The molecule has 0 N–H and O–H groups in total. The van der Waals surface area contributed by atoms with Gasteiger partial charge in [0.1, 0.15) is 11.6 Å². The van der Waals surface area contributed by atoms with Crippen LogP contribution in [0.25, 0.3) is 5.69 Å². The maximum Gasteiger partial charge on any atom is 0.231 e. The summed E-state index contributed by atoms with van der Waals surface area (Å²) in [6, 6.07) is 9.70. The number of halogens is 2. The van der Waals surface area contributed by atoms with E-state index in [9.17, 15) is 4.39 Å². The first-order valence-corrected chi connectivity index (χ1v) is 12.1. The molecule has 2 aromatic heterocycles. The average Bonchev–Trinajstić information content (AvgIpc) is 3.41. The van der Waals surface area contributed by atoms with Gasteiger partial charge in [0.05, 0.1) is 25.0 Å². The van der Waals surface area contributed by atoms with E-state index in [0.29, 0.717) is 6.04 Å². The maximum absolute atomic E-state index is 13.2. The van der Waals surface area contributed by atoms with E-state index in [2.05, 4.69) is 46.6 Å². The van der Waals surface area contributed by atoms with Gasteiger partial charge >= 0.3 is 0 Å². The normalized spacial score (nSPS) is 23.3. The van der Waals surface area contributed by atoms with Gasteiger partial charge in [-0.1, -0.05) is 11.6 Å². The van der Waals surface area contributed by atoms with Crippen LogP contribution in [0.3, 0.4) is 0 Å². The highest BCUT2D eigenvalue weighted by molar-refractivity contribution is 6.30. The van der Waals surface area contributed by atoms with Crippen molar-refractivity contribution >= 4 is 23.4 Å². The highest BCUT2D eigenvalue weighted by Crippen LogP contribution is 2.44. The number of rotatable bonds is 3. The molecule has 3 fully saturated rings. The molecule has 0 radical (unpaired) electrons. The first kappa shape index (κ1) is 20.6. The molecule has 0 saturated carbocycles. The summed E-state index contributed by atoms with van der Waals surface area (Å²) in [4.78, 5) is 11.2. The lowest BCUT2D eigenvalue weighted by molar-refractivity contribution is 0.133. The zero-order valence-electron chi connectivity index (χ0n) is 18.7. The van der Waals surface area contributed by atoms with Crippen molar-refractivity contribution in [3.63, 3.8) is 0 Å². The van der Waals surface area contributed by atoms with E-state index in [1.165, 1.54) is 17.8 Å². The van der Waals surface area contributed by atoms with Crippen molar-refractivity contribution in [2.75, 3.05) is 49.2 Å². The molecule has 1 atom stereocenters. The predicted octanol–water partition coefficient (Wildman–Crippen LogP) is 2.89. The van der Waals surface area contributed by atoms with Crippen LogP contribution in [0.1, 0.15) is 17.8 Å². The molecular formula is C24H25ClFN7O. The lowest BCUT2D eigenvalue weighted by atomic mass is 9.73. The van der Waals surface area contributed by atoms with Crippen LogP contribution in [0.2, 0.25) is 5.02 Å². The van der Waals surface area contributed by atoms with Crippen molar-refractivity contribution in [3.05, 3.63) is 58.8 Å². The second-order valence-corrected chi connectivity index (χ2v) is 10.4. The highest BCUT2D eigenvalue weighted by Gasteiger charge is 2.53. The molecule has 3 aromatic rings. The largest absolute Gasteiger partial charge is 0.380 e. The zero-order chi connectivity index (χ0) is 22.9. The lowest BCUT2D eigenvalue weighted by Crippen LogP contribution is -2.73. The van der Waals surface area contributed by atoms with Crippen LogP contribution in [0.4, 0.5) is 16.2 Å². The smallest absolute Gasteiger partial charge is 0.231 e. The van der Waals surface area contributed by atoms with Gasteiger partial charge < -0.3 is 14.5 Å². The number of benzene rings is 1. The van der Waals surface area contributed by atoms with Crippen LogP contribution in [-0.2, 0) is 17.8 Å². The summed E-state index contributed by atoms with van der Waals surface area (Å²) >= 11 is 6.39. The molecule has 4 aliphatic rings.